The number of carbonyl (C=O) groups excluding carboxylic acids is 1. The van der Waals surface area contributed by atoms with Crippen molar-refractivity contribution in [3.63, 3.8) is 0 Å². The van der Waals surface area contributed by atoms with Crippen LogP contribution < -0.4 is 5.73 Å². The molecule has 0 radical (unpaired) electrons. The number of amides is 1. The zero-order valence-electron chi connectivity index (χ0n) is 11.0. The van der Waals surface area contributed by atoms with E-state index in [1.165, 1.54) is 18.2 Å². The van der Waals surface area contributed by atoms with Crippen LogP contribution in [0.4, 0.5) is 5.69 Å². The standard InChI is InChI=1S/C14H11ClN2O4/c1-8-6-12(17(19)20)10(7-11(8)15)13-4-2-9(21-13)3-5-14(16)18/h2-7H,1H3,(H2,16,18)/b5-3+. The summed E-state index contributed by atoms with van der Waals surface area (Å²) < 4.78 is 5.45. The minimum Gasteiger partial charge on any atom is -0.456 e. The average molecular weight is 307 g/mol. The molecule has 6 nitrogen and oxygen atoms in total. The number of carbonyl (C=O) groups is 1. The molecule has 0 aliphatic heterocycles. The molecule has 0 aliphatic rings. The number of rotatable bonds is 4. The summed E-state index contributed by atoms with van der Waals surface area (Å²) >= 11 is 6.01. The van der Waals surface area contributed by atoms with Gasteiger partial charge in [-0.2, -0.15) is 0 Å². The summed E-state index contributed by atoms with van der Waals surface area (Å²) in [6, 6.07) is 6.01. The largest absolute Gasteiger partial charge is 0.456 e. The highest BCUT2D eigenvalue weighted by atomic mass is 35.5. The second kappa shape index (κ2) is 5.80. The second-order valence-corrected chi connectivity index (χ2v) is 4.72. The Bertz CT molecular complexity index is 749. The maximum Gasteiger partial charge on any atom is 0.280 e. The number of hydrogen-bond acceptors (Lipinski definition) is 4. The number of nitrogens with zero attached hydrogens (tertiary/aromatic N) is 1. The molecule has 1 aromatic carbocycles. The Morgan fingerprint density at radius 3 is 2.76 bits per heavy atom. The van der Waals surface area contributed by atoms with Crippen LogP contribution in [0.15, 0.2) is 34.8 Å². The molecule has 0 spiro atoms. The highest BCUT2D eigenvalue weighted by molar-refractivity contribution is 6.31. The molecule has 21 heavy (non-hydrogen) atoms. The van der Waals surface area contributed by atoms with E-state index < -0.39 is 10.8 Å². The number of primary amides is 1. The smallest absolute Gasteiger partial charge is 0.280 e. The van der Waals surface area contributed by atoms with E-state index in [9.17, 15) is 14.9 Å². The molecule has 2 aromatic rings. The summed E-state index contributed by atoms with van der Waals surface area (Å²) in [5.74, 6) is 0.0276. The molecule has 0 saturated heterocycles. The summed E-state index contributed by atoms with van der Waals surface area (Å²) in [5.41, 5.74) is 5.76. The van der Waals surface area contributed by atoms with Gasteiger partial charge < -0.3 is 10.2 Å². The number of halogens is 1. The van der Waals surface area contributed by atoms with E-state index in [0.29, 0.717) is 16.3 Å². The van der Waals surface area contributed by atoms with Crippen LogP contribution in [-0.2, 0) is 4.79 Å². The number of hydrogen-bond donors (Lipinski definition) is 1. The summed E-state index contributed by atoms with van der Waals surface area (Å²) in [7, 11) is 0. The molecule has 2 rings (SSSR count). The lowest BCUT2D eigenvalue weighted by molar-refractivity contribution is -0.384. The summed E-state index contributed by atoms with van der Waals surface area (Å²) in [4.78, 5) is 21.3. The first kappa shape index (κ1) is 14.8. The van der Waals surface area contributed by atoms with Gasteiger partial charge in [0, 0.05) is 17.2 Å². The first-order valence-corrected chi connectivity index (χ1v) is 6.28. The van der Waals surface area contributed by atoms with Gasteiger partial charge in [-0.3, -0.25) is 14.9 Å². The fraction of sp³-hybridized carbons (Fsp3) is 0.0714. The van der Waals surface area contributed by atoms with E-state index in [-0.39, 0.29) is 17.0 Å². The van der Waals surface area contributed by atoms with Crippen molar-refractivity contribution in [2.24, 2.45) is 5.73 Å². The number of nitro groups is 1. The normalized spacial score (nSPS) is 11.0. The van der Waals surface area contributed by atoms with Crippen LogP contribution in [0.3, 0.4) is 0 Å². The molecule has 0 bridgehead atoms. The van der Waals surface area contributed by atoms with Gasteiger partial charge in [-0.25, -0.2) is 0 Å². The molecule has 1 heterocycles. The van der Waals surface area contributed by atoms with E-state index >= 15 is 0 Å². The molecule has 0 unspecified atom stereocenters. The van der Waals surface area contributed by atoms with Gasteiger partial charge in [0.15, 0.2) is 0 Å². The average Bonchev–Trinajstić information content (AvgIpc) is 2.87. The monoisotopic (exact) mass is 306 g/mol. The van der Waals surface area contributed by atoms with Crippen molar-refractivity contribution in [3.8, 4) is 11.3 Å². The Morgan fingerprint density at radius 2 is 2.14 bits per heavy atom. The van der Waals surface area contributed by atoms with E-state index in [0.717, 1.165) is 6.08 Å². The molecule has 2 N–H and O–H groups in total. The Balaban J connectivity index is 2.49. The van der Waals surface area contributed by atoms with Gasteiger partial charge in [0.1, 0.15) is 11.5 Å². The SMILES string of the molecule is Cc1cc([N+](=O)[O-])c(-c2ccc(/C=C/C(N)=O)o2)cc1Cl. The highest BCUT2D eigenvalue weighted by Gasteiger charge is 2.20. The summed E-state index contributed by atoms with van der Waals surface area (Å²) in [6.45, 7) is 1.68. The number of aryl methyl sites for hydroxylation is 1. The molecule has 0 saturated carbocycles. The van der Waals surface area contributed by atoms with Gasteiger partial charge in [-0.15, -0.1) is 0 Å². The third-order valence-electron chi connectivity index (χ3n) is 2.78. The van der Waals surface area contributed by atoms with Gasteiger partial charge in [0.25, 0.3) is 5.69 Å². The minimum atomic E-state index is -0.614. The van der Waals surface area contributed by atoms with E-state index in [4.69, 9.17) is 21.8 Å². The van der Waals surface area contributed by atoms with E-state index in [1.54, 1.807) is 19.1 Å². The van der Waals surface area contributed by atoms with Crippen LogP contribution in [0.2, 0.25) is 5.02 Å². The van der Waals surface area contributed by atoms with Crippen molar-refractivity contribution in [2.75, 3.05) is 0 Å². The molecular formula is C14H11ClN2O4. The topological polar surface area (TPSA) is 99.4 Å². The fourth-order valence-corrected chi connectivity index (χ4v) is 1.93. The van der Waals surface area contributed by atoms with Crippen molar-refractivity contribution >= 4 is 29.3 Å². The van der Waals surface area contributed by atoms with E-state index in [2.05, 4.69) is 0 Å². The summed E-state index contributed by atoms with van der Waals surface area (Å²) in [5, 5.41) is 11.5. The Morgan fingerprint density at radius 1 is 1.43 bits per heavy atom. The quantitative estimate of drug-likeness (QED) is 0.532. The van der Waals surface area contributed by atoms with Gasteiger partial charge in [-0.05, 0) is 36.8 Å². The molecule has 0 atom stereocenters. The molecular weight excluding hydrogens is 296 g/mol. The van der Waals surface area contributed by atoms with Crippen LogP contribution in [0.25, 0.3) is 17.4 Å². The molecule has 0 fully saturated rings. The number of furan rings is 1. The minimum absolute atomic E-state index is 0.100. The number of nitro benzene ring substituents is 1. The van der Waals surface area contributed by atoms with Crippen molar-refractivity contribution in [2.45, 2.75) is 6.92 Å². The van der Waals surface area contributed by atoms with Gasteiger partial charge in [0.2, 0.25) is 5.91 Å². The zero-order chi connectivity index (χ0) is 15.6. The lowest BCUT2D eigenvalue weighted by atomic mass is 10.1. The number of benzene rings is 1. The lowest BCUT2D eigenvalue weighted by Gasteiger charge is -2.03. The molecule has 0 aliphatic carbocycles. The maximum atomic E-state index is 11.1. The molecule has 7 heteroatoms. The van der Waals surface area contributed by atoms with E-state index in [1.807, 2.05) is 0 Å². The predicted octanol–water partition coefficient (Wildman–Crippen LogP) is 3.32. The summed E-state index contributed by atoms with van der Waals surface area (Å²) in [6.07, 6.45) is 2.52. The maximum absolute atomic E-state index is 11.1. The fourth-order valence-electron chi connectivity index (χ4n) is 1.77. The number of nitrogens with two attached hydrogens (primary N) is 1. The van der Waals surface area contributed by atoms with Crippen molar-refractivity contribution < 1.29 is 14.1 Å². The first-order chi connectivity index (χ1) is 9.88. The van der Waals surface area contributed by atoms with Crippen LogP contribution in [0, 0.1) is 17.0 Å². The lowest BCUT2D eigenvalue weighted by Crippen LogP contribution is -2.04. The van der Waals surface area contributed by atoms with Gasteiger partial charge >= 0.3 is 0 Å². The first-order valence-electron chi connectivity index (χ1n) is 5.90. The predicted molar refractivity (Wildman–Crippen MR) is 78.8 cm³/mol. The van der Waals surface area contributed by atoms with Crippen LogP contribution in [-0.4, -0.2) is 10.8 Å². The molecule has 1 aromatic heterocycles. The zero-order valence-corrected chi connectivity index (χ0v) is 11.8. The third-order valence-corrected chi connectivity index (χ3v) is 3.18. The Hall–Kier alpha value is -2.60. The van der Waals surface area contributed by atoms with Gasteiger partial charge in [0.05, 0.1) is 10.5 Å². The Kier molecular flexibility index (Phi) is 4.09. The molecule has 1 amide bonds. The Labute approximate surface area is 125 Å². The highest BCUT2D eigenvalue weighted by Crippen LogP contribution is 2.35. The van der Waals surface area contributed by atoms with Gasteiger partial charge in [-0.1, -0.05) is 11.6 Å². The second-order valence-electron chi connectivity index (χ2n) is 4.31. The van der Waals surface area contributed by atoms with Crippen LogP contribution in [0.5, 0.6) is 0 Å². The third kappa shape index (κ3) is 3.29. The van der Waals surface area contributed by atoms with Crippen molar-refractivity contribution in [1.29, 1.82) is 0 Å². The molecule has 108 valence electrons. The van der Waals surface area contributed by atoms with Crippen LogP contribution >= 0.6 is 11.6 Å². The van der Waals surface area contributed by atoms with Crippen LogP contribution in [0.1, 0.15) is 11.3 Å². The van der Waals surface area contributed by atoms with Crippen molar-refractivity contribution in [1.82, 2.24) is 0 Å². The van der Waals surface area contributed by atoms with Crippen molar-refractivity contribution in [3.05, 3.63) is 56.8 Å².